The van der Waals surface area contributed by atoms with Crippen LogP contribution in [0, 0.1) is 0 Å². The minimum absolute atomic E-state index is 0.0139. The highest BCUT2D eigenvalue weighted by Crippen LogP contribution is 2.23. The van der Waals surface area contributed by atoms with Crippen LogP contribution in [-0.4, -0.2) is 203 Å². The maximum absolute atomic E-state index is 8.70. The highest BCUT2D eigenvalue weighted by Gasteiger charge is 2.33. The Labute approximate surface area is 660 Å². The molecule has 1 atom stereocenters. The van der Waals surface area contributed by atoms with Gasteiger partial charge < -0.3 is 51.4 Å². The fourth-order valence-corrected chi connectivity index (χ4v) is 7.73. The standard InChI is InChI=1S/C6H4Br2.C6H5Cl3Si.C4H11ClO3Si.C4H11ClO2Si.C4H12O3Si.C3H10O3Si.C2H4Br2.C2H5Cl3Si.CH2Br2.CH2Cl4Si.CH3Cl3Si.Cl4Si.Cl3HSi/c7-5-1-2-6(8)4-3-5;7-10(8,9)6-4-2-1-3-5-6;1-7-9(3-5,4-6)8-2;1-7-8(2,3-5)4-6;1-6-8(3,4-5)7-2;1-5-7(3-4)6-2;3-1-2-4;1-6(4,5)2-3;2-1-3;2-1-6(3,4)5;2*1-5(2,3)4;1-4(2)3/h1-4H;1-5H;6H,3-4H2,1-2H3;6H,3-4H2,1-2H3;5H,4H2,1-3H3;4,7H,3H2,1-2H3;1-2H2;2H2,1H3;1H2;1H2;1H3;;4H. The molecule has 49 heteroatoms. The van der Waals surface area contributed by atoms with Gasteiger partial charge in [0.15, 0.2) is 0 Å². The number of rotatable bonds is 17. The van der Waals surface area contributed by atoms with E-state index in [1.165, 1.54) is 28.4 Å². The molecule has 2 aromatic carbocycles. The largest absolute Gasteiger partial charge is 0.440 e. The Morgan fingerprint density at radius 1 is 0.470 bits per heavy atom. The van der Waals surface area contributed by atoms with Crippen molar-refractivity contribution in [1.29, 1.82) is 0 Å². The molecule has 1 unspecified atom stereocenters. The van der Waals surface area contributed by atoms with Crippen molar-refractivity contribution in [3.05, 3.63) is 63.5 Å². The fraction of sp³-hybridized carbons (Fsp3) is 0.647. The van der Waals surface area contributed by atoms with E-state index in [4.69, 9.17) is 297 Å². The normalized spacial score (nSPS) is 11.5. The van der Waals surface area contributed by atoms with Crippen LogP contribution in [0.4, 0.5) is 0 Å². The predicted molar refractivity (Wildman–Crippen MR) is 428 cm³/mol. The molecule has 0 aliphatic rings. The summed E-state index contributed by atoms with van der Waals surface area (Å²) in [6.07, 6.45) is 0.0729. The molecule has 0 saturated carbocycles. The molecule has 0 spiro atoms. The van der Waals surface area contributed by atoms with Gasteiger partial charge in [0, 0.05) is 80.4 Å². The zero-order valence-corrected chi connectivity index (χ0v) is 82.3. The predicted octanol–water partition coefficient (Wildman–Crippen LogP) is 19.5. The molecule has 0 amide bonds. The van der Waals surface area contributed by atoms with Gasteiger partial charge in [0.1, 0.15) is 0 Å². The molecule has 0 fully saturated rings. The van der Waals surface area contributed by atoms with Gasteiger partial charge in [-0.05, 0) is 55.6 Å². The summed E-state index contributed by atoms with van der Waals surface area (Å²) in [4.78, 5) is 0. The zero-order valence-electron chi connectivity index (χ0n) is 45.9. The van der Waals surface area contributed by atoms with Gasteiger partial charge in [-0.25, -0.2) is 0 Å². The van der Waals surface area contributed by atoms with Crippen LogP contribution >= 0.6 is 341 Å². The lowest BCUT2D eigenvalue weighted by Crippen LogP contribution is -2.47. The van der Waals surface area contributed by atoms with Gasteiger partial charge in [-0.3, -0.25) is 0 Å². The first-order chi connectivity index (χ1) is 37.5. The number of aliphatic hydroxyl groups excluding tert-OH is 4. The van der Waals surface area contributed by atoms with E-state index in [0.717, 1.165) is 29.0 Å². The summed E-state index contributed by atoms with van der Waals surface area (Å²) in [5.74, 6) is 0. The Morgan fingerprint density at radius 3 is 0.819 bits per heavy atom. The molecule has 0 aromatic heterocycles. The first-order valence-corrected chi connectivity index (χ1v) is 70.4. The smallest absolute Gasteiger partial charge is 0.417 e. The molecule has 83 heavy (non-hydrogen) atoms. The van der Waals surface area contributed by atoms with E-state index in [1.807, 2.05) is 61.1 Å². The molecule has 0 radical (unpaired) electrons. The van der Waals surface area contributed by atoms with Crippen LogP contribution < -0.4 is 5.19 Å². The van der Waals surface area contributed by atoms with E-state index in [1.54, 1.807) is 41.0 Å². The lowest BCUT2D eigenvalue weighted by Gasteiger charge is -2.21. The van der Waals surface area contributed by atoms with Crippen LogP contribution in [0.25, 0.3) is 0 Å². The van der Waals surface area contributed by atoms with E-state index in [-0.39, 0.29) is 35.9 Å². The van der Waals surface area contributed by atoms with Crippen LogP contribution in [0.1, 0.15) is 0 Å². The molecule has 4 N–H and O–H groups in total. The number of halogens is 28. The van der Waals surface area contributed by atoms with Crippen molar-refractivity contribution in [2.75, 3.05) is 112 Å². The monoisotopic (exact) mass is 2180 g/mol. The summed E-state index contributed by atoms with van der Waals surface area (Å²) in [5.41, 5.74) is 1.31. The van der Waals surface area contributed by atoms with E-state index < -0.39 is 71.5 Å². The lowest BCUT2D eigenvalue weighted by molar-refractivity contribution is 0.202. The van der Waals surface area contributed by atoms with Gasteiger partial charge in [0.2, 0.25) is 8.32 Å². The molecule has 508 valence electrons. The number of aliphatic hydroxyl groups is 4. The SMILES string of the molecule is BrCBr.BrCCBr.Brc1ccc(Br)cc1.CO[SiH](CO)OC.CO[Si](C)(CO)CCl.CO[Si](C)(CO)OC.CO[Si](CO)(CCl)OC.C[Si](Cl)(Cl)CCl.C[Si](Cl)(Cl)Cl.ClC[Si](Cl)(Cl)Cl.Cl[SiH](Cl)Cl.Cl[Si](Cl)(Cl)Cl.Cl[Si](Cl)(Cl)c1ccccc1. The van der Waals surface area contributed by atoms with Crippen LogP contribution in [-0.2, 0) is 31.0 Å². The first-order valence-electron chi connectivity index (χ1n) is 21.0. The number of benzene rings is 2. The molecular formula is C34H70Br6Cl22O11Si10. The Hall–Kier alpha value is 9.43. The van der Waals surface area contributed by atoms with Gasteiger partial charge in [0.05, 0.1) is 40.2 Å². The quantitative estimate of drug-likeness (QED) is 0.0682. The molecule has 0 heterocycles. The topological polar surface area (TPSA) is 146 Å². The van der Waals surface area contributed by atoms with Gasteiger partial charge >= 0.3 is 56.5 Å². The summed E-state index contributed by atoms with van der Waals surface area (Å²) in [5, 5.41) is 34.5. The Bertz CT molecular complexity index is 1450. The van der Waals surface area contributed by atoms with Crippen molar-refractivity contribution in [2.24, 2.45) is 0 Å². The average molecular weight is 2200 g/mol. The van der Waals surface area contributed by atoms with Crippen molar-refractivity contribution in [2.45, 2.75) is 26.2 Å². The van der Waals surface area contributed by atoms with Crippen LogP contribution in [0.3, 0.4) is 0 Å². The van der Waals surface area contributed by atoms with E-state index in [9.17, 15) is 0 Å². The average Bonchev–Trinajstić information content (AvgIpc) is 3.40. The van der Waals surface area contributed by atoms with E-state index in [0.29, 0.717) is 11.0 Å². The third-order valence-electron chi connectivity index (χ3n) is 6.49. The van der Waals surface area contributed by atoms with Crippen LogP contribution in [0.5, 0.6) is 0 Å². The van der Waals surface area contributed by atoms with Crippen molar-refractivity contribution >= 4 is 418 Å². The summed E-state index contributed by atoms with van der Waals surface area (Å²) in [6, 6.07) is 9.99. The van der Waals surface area contributed by atoms with E-state index in [2.05, 4.69) is 95.6 Å². The van der Waals surface area contributed by atoms with Gasteiger partial charge in [-0.2, -0.15) is 0 Å². The maximum atomic E-state index is 8.70. The molecule has 0 bridgehead atoms. The molecule has 0 aliphatic carbocycles. The number of hydrogen-bond acceptors (Lipinski definition) is 11. The highest BCUT2D eigenvalue weighted by atomic mass is 79.9. The van der Waals surface area contributed by atoms with Crippen molar-refractivity contribution in [3.63, 3.8) is 0 Å². The minimum Gasteiger partial charge on any atom is -0.417 e. The molecule has 2 aromatic rings. The number of alkyl halides is 8. The summed E-state index contributed by atoms with van der Waals surface area (Å²) in [7, 11) is 2.80. The lowest BCUT2D eigenvalue weighted by atomic mass is 10.4. The second kappa shape index (κ2) is 75.6. The molecule has 11 nitrogen and oxygen atoms in total. The minimum atomic E-state index is -2.72. The fourth-order valence-electron chi connectivity index (χ4n) is 2.04. The van der Waals surface area contributed by atoms with E-state index >= 15 is 0 Å². The van der Waals surface area contributed by atoms with Crippen molar-refractivity contribution in [3.8, 4) is 0 Å². The maximum Gasteiger partial charge on any atom is 0.440 e. The zero-order chi connectivity index (χ0) is 69.0. The molecule has 0 saturated heterocycles. The number of hydrogen-bond donors (Lipinski definition) is 4. The molecular weight excluding hydrogens is 2120 g/mol. The van der Waals surface area contributed by atoms with Crippen LogP contribution in [0.2, 0.25) is 26.2 Å². The third kappa shape index (κ3) is 125. The Morgan fingerprint density at radius 2 is 0.759 bits per heavy atom. The summed E-state index contributed by atoms with van der Waals surface area (Å²) in [6.45, 7) is 3.45. The molecule has 0 aliphatic heterocycles. The van der Waals surface area contributed by atoms with Crippen LogP contribution in [0.15, 0.2) is 63.5 Å². The van der Waals surface area contributed by atoms with Gasteiger partial charge in [-0.1, -0.05) is 126 Å². The summed E-state index contributed by atoms with van der Waals surface area (Å²) < 4.78 is 37.2. The van der Waals surface area contributed by atoms with Crippen molar-refractivity contribution < 1.29 is 51.4 Å². The second-order valence-corrected chi connectivity index (χ2v) is 88.6. The Balaban J connectivity index is -0.0000000761. The van der Waals surface area contributed by atoms with Gasteiger partial charge in [-0.15, -0.1) is 246 Å². The molecule has 2 rings (SSSR count). The second-order valence-electron chi connectivity index (χ2n) is 13.5. The van der Waals surface area contributed by atoms with Gasteiger partial charge in [0.25, 0.3) is 6.69 Å². The van der Waals surface area contributed by atoms with Crippen molar-refractivity contribution in [1.82, 2.24) is 0 Å². The first kappa shape index (κ1) is 117. The Kier molecular flexibility index (Phi) is 106. The summed E-state index contributed by atoms with van der Waals surface area (Å²) >= 11 is 135. The highest BCUT2D eigenvalue weighted by molar-refractivity contribution is 9.24. The third-order valence-corrected chi connectivity index (χ3v) is 31.2.